The first kappa shape index (κ1) is 11.0. The molecule has 0 heterocycles. The van der Waals surface area contributed by atoms with Gasteiger partial charge in [0.1, 0.15) is 6.35 Å². The van der Waals surface area contributed by atoms with E-state index in [1.54, 1.807) is 0 Å². The van der Waals surface area contributed by atoms with Crippen molar-refractivity contribution in [3.05, 3.63) is 29.8 Å². The molecule has 0 fully saturated rings. The molecule has 5 heteroatoms. The maximum absolute atomic E-state index is 8.56. The molecule has 13 heavy (non-hydrogen) atoms. The molecule has 0 unspecified atom stereocenters. The summed E-state index contributed by atoms with van der Waals surface area (Å²) in [5.74, 6) is 0. The van der Waals surface area contributed by atoms with Gasteiger partial charge in [-0.15, -0.1) is 0 Å². The van der Waals surface area contributed by atoms with Gasteiger partial charge in [-0.2, -0.15) is 0 Å². The van der Waals surface area contributed by atoms with Crippen molar-refractivity contribution in [1.82, 2.24) is 0 Å². The molecule has 0 aliphatic rings. The Bertz CT molecular complexity index is 250. The minimum atomic E-state index is -1.95. The van der Waals surface area contributed by atoms with Gasteiger partial charge in [0.15, 0.2) is 8.38 Å². The van der Waals surface area contributed by atoms with E-state index in [2.05, 4.69) is 0 Å². The molecule has 0 atom stereocenters. The van der Waals surface area contributed by atoms with Crippen LogP contribution in [-0.4, -0.2) is 16.1 Å². The second kappa shape index (κ2) is 5.58. The first-order valence-corrected chi connectivity index (χ1v) is 5.87. The van der Waals surface area contributed by atoms with Gasteiger partial charge in [-0.05, 0) is 19.1 Å². The van der Waals surface area contributed by atoms with Crippen LogP contribution in [0.4, 0.5) is 0 Å². The third-order valence-corrected chi connectivity index (χ3v) is 2.58. The van der Waals surface area contributed by atoms with Crippen LogP contribution in [0.15, 0.2) is 29.2 Å². The van der Waals surface area contributed by atoms with Crippen LogP contribution < -0.4 is 0 Å². The zero-order chi connectivity index (χ0) is 9.68. The molecule has 1 aromatic carbocycles. The van der Waals surface area contributed by atoms with Gasteiger partial charge in [0.05, 0.1) is 0 Å². The zero-order valence-electron chi connectivity index (χ0n) is 7.17. The smallest absolute Gasteiger partial charge is 0.194 e. The molecular weight excluding hydrogens is 207 g/mol. The van der Waals surface area contributed by atoms with E-state index in [-0.39, 0.29) is 6.35 Å². The highest BCUT2D eigenvalue weighted by Crippen LogP contribution is 2.28. The van der Waals surface area contributed by atoms with Crippen LogP contribution in [0.3, 0.4) is 0 Å². The monoisotopic (exact) mass is 218 g/mol. The van der Waals surface area contributed by atoms with Gasteiger partial charge in [-0.25, -0.2) is 0 Å². The van der Waals surface area contributed by atoms with Crippen molar-refractivity contribution in [3.8, 4) is 0 Å². The normalized spacial score (nSPS) is 10.8. The van der Waals surface area contributed by atoms with Gasteiger partial charge >= 0.3 is 0 Å². The van der Waals surface area contributed by atoms with E-state index in [0.717, 1.165) is 16.9 Å². The fourth-order valence-corrected chi connectivity index (χ4v) is 1.71. The molecule has 0 aliphatic carbocycles. The van der Waals surface area contributed by atoms with Gasteiger partial charge in [-0.1, -0.05) is 17.7 Å². The van der Waals surface area contributed by atoms with E-state index in [9.17, 15) is 0 Å². The third-order valence-electron chi connectivity index (χ3n) is 1.34. The summed E-state index contributed by atoms with van der Waals surface area (Å²) in [6.45, 7) is 2.01. The van der Waals surface area contributed by atoms with Crippen LogP contribution in [0, 0.1) is 6.92 Å². The summed E-state index contributed by atoms with van der Waals surface area (Å²) in [5.41, 5.74) is 1.19. The molecule has 72 valence electrons. The summed E-state index contributed by atoms with van der Waals surface area (Å²) in [5, 5.41) is 0. The molecule has 0 bridgehead atoms. The minimum absolute atomic E-state index is 0.0200. The Balaban J connectivity index is 2.33. The molecule has 1 rings (SSSR count). The van der Waals surface area contributed by atoms with Crippen molar-refractivity contribution in [1.29, 1.82) is 0 Å². The summed E-state index contributed by atoms with van der Waals surface area (Å²) in [7, 11) is -1.95. The lowest BCUT2D eigenvalue weighted by molar-refractivity contribution is 0.391. The first-order valence-electron chi connectivity index (χ1n) is 3.70. The van der Waals surface area contributed by atoms with E-state index in [1.807, 2.05) is 31.2 Å². The average Bonchev–Trinajstić information content (AvgIpc) is 2.08. The second-order valence-corrected chi connectivity index (χ2v) is 4.39. The Morgan fingerprint density at radius 2 is 1.92 bits per heavy atom. The number of rotatable bonds is 4. The molecule has 0 saturated carbocycles. The largest absolute Gasteiger partial charge is 0.348 e. The quantitative estimate of drug-likeness (QED) is 0.601. The summed E-state index contributed by atoms with van der Waals surface area (Å²) < 4.78 is 4.97. The summed E-state index contributed by atoms with van der Waals surface area (Å²) in [6, 6.07) is 7.81. The van der Waals surface area contributed by atoms with Crippen molar-refractivity contribution >= 4 is 20.4 Å². The first-order chi connectivity index (χ1) is 6.18. The van der Waals surface area contributed by atoms with Crippen LogP contribution in [0.25, 0.3) is 0 Å². The lowest BCUT2D eigenvalue weighted by Crippen LogP contribution is -1.83. The maximum atomic E-state index is 8.56. The van der Waals surface area contributed by atoms with Crippen LogP contribution in [0.1, 0.15) is 5.56 Å². The Hall–Kier alpha value is -0.120. The Morgan fingerprint density at radius 3 is 2.46 bits per heavy atom. The molecule has 2 N–H and O–H groups in total. The van der Waals surface area contributed by atoms with E-state index in [4.69, 9.17) is 14.0 Å². The molecule has 1 aromatic rings. The van der Waals surface area contributed by atoms with Gasteiger partial charge < -0.3 is 14.0 Å². The van der Waals surface area contributed by atoms with Crippen molar-refractivity contribution in [2.75, 3.05) is 6.35 Å². The van der Waals surface area contributed by atoms with Gasteiger partial charge in [-0.3, -0.25) is 0 Å². The fourth-order valence-electron chi connectivity index (χ4n) is 0.735. The minimum Gasteiger partial charge on any atom is -0.348 e. The molecule has 0 aliphatic heterocycles. The maximum Gasteiger partial charge on any atom is 0.194 e. The fraction of sp³-hybridized carbons (Fsp3) is 0.250. The summed E-state index contributed by atoms with van der Waals surface area (Å²) in [4.78, 5) is 18.1. The van der Waals surface area contributed by atoms with E-state index < -0.39 is 8.38 Å². The number of aryl methyl sites for hydroxylation is 1. The van der Waals surface area contributed by atoms with Crippen LogP contribution in [0.2, 0.25) is 0 Å². The molecular formula is C8H11O3PS. The van der Waals surface area contributed by atoms with Crippen molar-refractivity contribution < 1.29 is 14.0 Å². The van der Waals surface area contributed by atoms with Gasteiger partial charge in [0.25, 0.3) is 0 Å². The third kappa shape index (κ3) is 4.60. The van der Waals surface area contributed by atoms with E-state index in [0.29, 0.717) is 0 Å². The zero-order valence-corrected chi connectivity index (χ0v) is 8.89. The topological polar surface area (TPSA) is 49.7 Å². The van der Waals surface area contributed by atoms with Gasteiger partial charge in [0.2, 0.25) is 0 Å². The van der Waals surface area contributed by atoms with Crippen LogP contribution in [0.5, 0.6) is 0 Å². The molecule has 3 nitrogen and oxygen atoms in total. The highest BCUT2D eigenvalue weighted by Gasteiger charge is 1.99. The van der Waals surface area contributed by atoms with E-state index >= 15 is 0 Å². The number of benzene rings is 1. The second-order valence-electron chi connectivity index (χ2n) is 2.52. The SMILES string of the molecule is Cc1ccc(SOCP(O)O)cc1. The number of hydrogen-bond donors (Lipinski definition) is 2. The predicted octanol–water partition coefficient (Wildman–Crippen LogP) is 2.27. The molecule has 0 saturated heterocycles. The Labute approximate surface area is 82.9 Å². The highest BCUT2D eigenvalue weighted by molar-refractivity contribution is 7.94. The molecule has 0 amide bonds. The van der Waals surface area contributed by atoms with Gasteiger partial charge in [0, 0.05) is 16.9 Å². The average molecular weight is 218 g/mol. The van der Waals surface area contributed by atoms with Crippen molar-refractivity contribution in [2.45, 2.75) is 11.8 Å². The van der Waals surface area contributed by atoms with Crippen LogP contribution in [-0.2, 0) is 4.18 Å². The highest BCUT2D eigenvalue weighted by atomic mass is 32.2. The standard InChI is InChI=1S/C8H11O3PS/c1-7-2-4-8(5-3-7)13-11-6-12(9)10/h2-5,9-10H,6H2,1H3. The lowest BCUT2D eigenvalue weighted by atomic mass is 10.2. The Morgan fingerprint density at radius 1 is 1.31 bits per heavy atom. The molecule has 0 aromatic heterocycles. The van der Waals surface area contributed by atoms with Crippen LogP contribution >= 0.6 is 20.4 Å². The van der Waals surface area contributed by atoms with Crippen molar-refractivity contribution in [2.24, 2.45) is 0 Å². The molecule has 0 spiro atoms. The lowest BCUT2D eigenvalue weighted by Gasteiger charge is -2.03. The predicted molar refractivity (Wildman–Crippen MR) is 54.3 cm³/mol. The van der Waals surface area contributed by atoms with E-state index in [1.165, 1.54) is 5.56 Å². The summed E-state index contributed by atoms with van der Waals surface area (Å²) in [6.07, 6.45) is -0.0200. The van der Waals surface area contributed by atoms with Crippen molar-refractivity contribution in [3.63, 3.8) is 0 Å². The molecule has 0 radical (unpaired) electrons. The Kier molecular flexibility index (Phi) is 4.70. The summed E-state index contributed by atoms with van der Waals surface area (Å²) >= 11 is 1.15. The number of hydrogen-bond acceptors (Lipinski definition) is 4.